The molecule has 19 heavy (non-hydrogen) atoms. The highest BCUT2D eigenvalue weighted by Crippen LogP contribution is 2.22. The smallest absolute Gasteiger partial charge is 0.220 e. The van der Waals surface area contributed by atoms with Crippen LogP contribution in [0, 0.1) is 5.41 Å². The van der Waals surface area contributed by atoms with Crippen LogP contribution >= 0.6 is 0 Å². The number of rotatable bonds is 12. The van der Waals surface area contributed by atoms with E-state index in [0.29, 0.717) is 6.42 Å². The molecule has 0 saturated heterocycles. The van der Waals surface area contributed by atoms with E-state index in [2.05, 4.69) is 33.0 Å². The summed E-state index contributed by atoms with van der Waals surface area (Å²) in [7, 11) is 0. The van der Waals surface area contributed by atoms with Gasteiger partial charge in [-0.1, -0.05) is 72.6 Å². The van der Waals surface area contributed by atoms with Gasteiger partial charge in [-0.3, -0.25) is 4.79 Å². The van der Waals surface area contributed by atoms with Crippen molar-refractivity contribution >= 4 is 5.91 Å². The van der Waals surface area contributed by atoms with Gasteiger partial charge in [-0.25, -0.2) is 0 Å². The topological polar surface area (TPSA) is 29.1 Å². The molecule has 0 rings (SSSR count). The van der Waals surface area contributed by atoms with E-state index in [4.69, 9.17) is 0 Å². The minimum atomic E-state index is 0.236. The maximum Gasteiger partial charge on any atom is 0.220 e. The van der Waals surface area contributed by atoms with Crippen molar-refractivity contribution in [3.05, 3.63) is 0 Å². The van der Waals surface area contributed by atoms with Gasteiger partial charge in [0.2, 0.25) is 5.91 Å². The third kappa shape index (κ3) is 12.3. The zero-order valence-corrected chi connectivity index (χ0v) is 13.7. The maximum absolute atomic E-state index is 11.7. The summed E-state index contributed by atoms with van der Waals surface area (Å²) in [6.45, 7) is 9.75. The Kier molecular flexibility index (Phi) is 11.0. The van der Waals surface area contributed by atoms with E-state index in [1.807, 2.05) is 0 Å². The number of carbonyl (C=O) groups is 1. The zero-order chi connectivity index (χ0) is 14.6. The van der Waals surface area contributed by atoms with Gasteiger partial charge in [-0.2, -0.15) is 0 Å². The van der Waals surface area contributed by atoms with Crippen LogP contribution in [0.25, 0.3) is 0 Å². The first-order valence-corrected chi connectivity index (χ1v) is 8.28. The molecule has 2 nitrogen and oxygen atoms in total. The van der Waals surface area contributed by atoms with Crippen LogP contribution in [-0.2, 0) is 4.79 Å². The number of hydrogen-bond acceptors (Lipinski definition) is 1. The van der Waals surface area contributed by atoms with E-state index >= 15 is 0 Å². The summed E-state index contributed by atoms with van der Waals surface area (Å²) in [6.07, 6.45) is 11.8. The van der Waals surface area contributed by atoms with Gasteiger partial charge in [0, 0.05) is 13.0 Å². The average molecular weight is 269 g/mol. The summed E-state index contributed by atoms with van der Waals surface area (Å²) in [5.74, 6) is 0.236. The van der Waals surface area contributed by atoms with Gasteiger partial charge in [-0.15, -0.1) is 0 Å². The number of unbranched alkanes of at least 4 members (excludes halogenated alkanes) is 6. The lowest BCUT2D eigenvalue weighted by Gasteiger charge is -2.24. The Bertz CT molecular complexity index is 223. The predicted octanol–water partition coefficient (Wildman–Crippen LogP) is 5.07. The summed E-state index contributed by atoms with van der Waals surface area (Å²) < 4.78 is 0. The highest BCUT2D eigenvalue weighted by atomic mass is 16.1. The van der Waals surface area contributed by atoms with Gasteiger partial charge in [0.15, 0.2) is 0 Å². The third-order valence-corrected chi connectivity index (χ3v) is 3.73. The highest BCUT2D eigenvalue weighted by Gasteiger charge is 2.17. The Morgan fingerprint density at radius 1 is 0.895 bits per heavy atom. The lowest BCUT2D eigenvalue weighted by atomic mass is 9.87. The monoisotopic (exact) mass is 269 g/mol. The summed E-state index contributed by atoms with van der Waals surface area (Å²) >= 11 is 0. The molecule has 0 aromatic carbocycles. The lowest BCUT2D eigenvalue weighted by Crippen LogP contribution is -2.33. The Labute approximate surface area is 120 Å². The van der Waals surface area contributed by atoms with Gasteiger partial charge < -0.3 is 5.32 Å². The standard InChI is InChI=1S/C17H35NO/c1-5-7-9-10-11-12-13-16(19)18-15-17(3,4)14-8-6-2/h5-15H2,1-4H3,(H,18,19). The van der Waals surface area contributed by atoms with E-state index in [0.717, 1.165) is 13.0 Å². The molecule has 0 aliphatic heterocycles. The summed E-state index contributed by atoms with van der Waals surface area (Å²) in [6, 6.07) is 0. The van der Waals surface area contributed by atoms with Crippen LogP contribution in [0.1, 0.15) is 91.9 Å². The van der Waals surface area contributed by atoms with Crippen LogP contribution in [0.15, 0.2) is 0 Å². The number of nitrogens with one attached hydrogen (secondary N) is 1. The molecule has 2 heteroatoms. The van der Waals surface area contributed by atoms with E-state index < -0.39 is 0 Å². The van der Waals surface area contributed by atoms with Gasteiger partial charge in [-0.05, 0) is 18.3 Å². The van der Waals surface area contributed by atoms with Gasteiger partial charge in [0.1, 0.15) is 0 Å². The lowest BCUT2D eigenvalue weighted by molar-refractivity contribution is -0.121. The first-order chi connectivity index (χ1) is 9.02. The van der Waals surface area contributed by atoms with Crippen LogP contribution in [-0.4, -0.2) is 12.5 Å². The van der Waals surface area contributed by atoms with Crippen LogP contribution in [0.4, 0.5) is 0 Å². The van der Waals surface area contributed by atoms with Crippen molar-refractivity contribution in [2.24, 2.45) is 5.41 Å². The minimum absolute atomic E-state index is 0.236. The zero-order valence-electron chi connectivity index (χ0n) is 13.7. The van der Waals surface area contributed by atoms with Crippen molar-refractivity contribution in [3.63, 3.8) is 0 Å². The third-order valence-electron chi connectivity index (χ3n) is 3.73. The van der Waals surface area contributed by atoms with Crippen molar-refractivity contribution in [2.45, 2.75) is 91.9 Å². The van der Waals surface area contributed by atoms with E-state index in [1.54, 1.807) is 0 Å². The second-order valence-corrected chi connectivity index (χ2v) is 6.56. The molecule has 1 N–H and O–H groups in total. The summed E-state index contributed by atoms with van der Waals surface area (Å²) in [5, 5.41) is 3.09. The van der Waals surface area contributed by atoms with Crippen molar-refractivity contribution in [1.82, 2.24) is 5.32 Å². The fourth-order valence-corrected chi connectivity index (χ4v) is 2.24. The Balaban J connectivity index is 3.53. The summed E-state index contributed by atoms with van der Waals surface area (Å²) in [5.41, 5.74) is 0.243. The van der Waals surface area contributed by atoms with Crippen LogP contribution in [0.5, 0.6) is 0 Å². The predicted molar refractivity (Wildman–Crippen MR) is 84.3 cm³/mol. The van der Waals surface area contributed by atoms with Crippen LogP contribution in [0.2, 0.25) is 0 Å². The minimum Gasteiger partial charge on any atom is -0.356 e. The number of carbonyl (C=O) groups excluding carboxylic acids is 1. The van der Waals surface area contributed by atoms with Crippen LogP contribution in [0.3, 0.4) is 0 Å². The molecule has 0 unspecified atom stereocenters. The number of hydrogen-bond donors (Lipinski definition) is 1. The van der Waals surface area contributed by atoms with E-state index in [9.17, 15) is 4.79 Å². The average Bonchev–Trinajstić information content (AvgIpc) is 2.38. The SMILES string of the molecule is CCCCCCCCC(=O)NCC(C)(C)CCCC. The first-order valence-electron chi connectivity index (χ1n) is 8.28. The molecule has 0 radical (unpaired) electrons. The molecule has 0 heterocycles. The molecule has 0 bridgehead atoms. The van der Waals surface area contributed by atoms with Crippen molar-refractivity contribution in [1.29, 1.82) is 0 Å². The Morgan fingerprint density at radius 3 is 2.11 bits per heavy atom. The van der Waals surface area contributed by atoms with Gasteiger partial charge in [0.05, 0.1) is 0 Å². The van der Waals surface area contributed by atoms with Crippen molar-refractivity contribution < 1.29 is 4.79 Å². The second-order valence-electron chi connectivity index (χ2n) is 6.56. The van der Waals surface area contributed by atoms with E-state index in [1.165, 1.54) is 51.4 Å². The van der Waals surface area contributed by atoms with Gasteiger partial charge in [0.25, 0.3) is 0 Å². The maximum atomic E-state index is 11.7. The normalized spacial score (nSPS) is 11.6. The molecular formula is C17H35NO. The largest absolute Gasteiger partial charge is 0.356 e. The molecule has 114 valence electrons. The molecule has 0 aliphatic rings. The molecule has 1 amide bonds. The molecular weight excluding hydrogens is 234 g/mol. The fraction of sp³-hybridized carbons (Fsp3) is 0.941. The molecule has 0 atom stereocenters. The molecule has 0 aliphatic carbocycles. The first kappa shape index (κ1) is 18.5. The summed E-state index contributed by atoms with van der Waals surface area (Å²) in [4.78, 5) is 11.7. The number of amides is 1. The molecule has 0 aromatic heterocycles. The Morgan fingerprint density at radius 2 is 1.47 bits per heavy atom. The fourth-order valence-electron chi connectivity index (χ4n) is 2.24. The quantitative estimate of drug-likeness (QED) is 0.492. The molecule has 0 aromatic rings. The second kappa shape index (κ2) is 11.3. The molecule has 0 fully saturated rings. The van der Waals surface area contributed by atoms with Gasteiger partial charge >= 0.3 is 0 Å². The van der Waals surface area contributed by atoms with E-state index in [-0.39, 0.29) is 11.3 Å². The molecule has 0 saturated carbocycles. The highest BCUT2D eigenvalue weighted by molar-refractivity contribution is 5.75. The van der Waals surface area contributed by atoms with Crippen molar-refractivity contribution in [3.8, 4) is 0 Å². The van der Waals surface area contributed by atoms with Crippen LogP contribution < -0.4 is 5.32 Å². The Hall–Kier alpha value is -0.530. The van der Waals surface area contributed by atoms with Crippen molar-refractivity contribution in [2.75, 3.05) is 6.54 Å². The molecule has 0 spiro atoms.